The lowest BCUT2D eigenvalue weighted by atomic mass is 9.86. The SMILES string of the molecule is CC1C(=O)NC(C)(C2CC2)C(=O)N1C(C)C1CCOC1. The van der Waals surface area contributed by atoms with Crippen LogP contribution >= 0.6 is 0 Å². The number of hydrogen-bond acceptors (Lipinski definition) is 3. The fourth-order valence-corrected chi connectivity index (χ4v) is 3.62. The van der Waals surface area contributed by atoms with Crippen LogP contribution in [-0.2, 0) is 14.3 Å². The van der Waals surface area contributed by atoms with Crippen LogP contribution in [0.4, 0.5) is 0 Å². The molecule has 0 bridgehead atoms. The Morgan fingerprint density at radius 1 is 1.35 bits per heavy atom. The molecule has 3 rings (SSSR count). The molecule has 1 aliphatic carbocycles. The Bertz CT molecular complexity index is 429. The highest BCUT2D eigenvalue weighted by Gasteiger charge is 2.55. The van der Waals surface area contributed by atoms with Crippen molar-refractivity contribution >= 4 is 11.8 Å². The summed E-state index contributed by atoms with van der Waals surface area (Å²) in [6, 6.07) is -0.325. The third-order valence-corrected chi connectivity index (χ3v) is 5.34. The summed E-state index contributed by atoms with van der Waals surface area (Å²) in [7, 11) is 0. The molecule has 1 saturated carbocycles. The van der Waals surface area contributed by atoms with E-state index in [0.29, 0.717) is 18.4 Å². The molecule has 2 aliphatic heterocycles. The van der Waals surface area contributed by atoms with Gasteiger partial charge in [0.15, 0.2) is 0 Å². The Morgan fingerprint density at radius 3 is 2.60 bits per heavy atom. The number of rotatable bonds is 3. The summed E-state index contributed by atoms with van der Waals surface area (Å²) in [6.45, 7) is 7.23. The molecule has 0 spiro atoms. The highest BCUT2D eigenvalue weighted by molar-refractivity contribution is 6.00. The summed E-state index contributed by atoms with van der Waals surface area (Å²) in [5.41, 5.74) is -0.697. The Hall–Kier alpha value is -1.10. The molecule has 0 aromatic rings. The minimum atomic E-state index is -0.697. The Morgan fingerprint density at radius 2 is 2.05 bits per heavy atom. The molecule has 3 fully saturated rings. The molecule has 0 radical (unpaired) electrons. The van der Waals surface area contributed by atoms with E-state index >= 15 is 0 Å². The first-order chi connectivity index (χ1) is 9.45. The van der Waals surface area contributed by atoms with Gasteiger partial charge in [-0.15, -0.1) is 0 Å². The largest absolute Gasteiger partial charge is 0.381 e. The predicted molar refractivity (Wildman–Crippen MR) is 74.0 cm³/mol. The molecule has 112 valence electrons. The first-order valence-corrected chi connectivity index (χ1v) is 7.67. The van der Waals surface area contributed by atoms with Crippen LogP contribution in [-0.4, -0.2) is 47.6 Å². The standard InChI is InChI=1S/C15H24N2O3/c1-9(11-6-7-20-8-11)17-10(2)13(18)16-15(3,14(17)19)12-4-5-12/h9-12H,4-8H2,1-3H3,(H,16,18). The monoisotopic (exact) mass is 280 g/mol. The second-order valence-electron chi connectivity index (χ2n) is 6.72. The van der Waals surface area contributed by atoms with Gasteiger partial charge in [-0.2, -0.15) is 0 Å². The van der Waals surface area contributed by atoms with Gasteiger partial charge in [0, 0.05) is 18.6 Å². The van der Waals surface area contributed by atoms with E-state index in [4.69, 9.17) is 4.74 Å². The van der Waals surface area contributed by atoms with E-state index < -0.39 is 5.54 Å². The maximum Gasteiger partial charge on any atom is 0.249 e. The highest BCUT2D eigenvalue weighted by atomic mass is 16.5. The maximum atomic E-state index is 13.0. The molecule has 4 atom stereocenters. The second kappa shape index (κ2) is 4.72. The molecular formula is C15H24N2O3. The van der Waals surface area contributed by atoms with Crippen molar-refractivity contribution in [1.82, 2.24) is 10.2 Å². The maximum absolute atomic E-state index is 13.0. The molecule has 20 heavy (non-hydrogen) atoms. The summed E-state index contributed by atoms with van der Waals surface area (Å²) in [5, 5.41) is 2.97. The third kappa shape index (κ3) is 2.03. The zero-order valence-electron chi connectivity index (χ0n) is 12.5. The molecular weight excluding hydrogens is 256 g/mol. The van der Waals surface area contributed by atoms with E-state index in [1.807, 2.05) is 18.7 Å². The second-order valence-corrected chi connectivity index (χ2v) is 6.72. The molecule has 1 N–H and O–H groups in total. The van der Waals surface area contributed by atoms with Crippen LogP contribution < -0.4 is 5.32 Å². The molecule has 3 aliphatic rings. The van der Waals surface area contributed by atoms with Crippen LogP contribution in [0.2, 0.25) is 0 Å². The molecule has 2 amide bonds. The van der Waals surface area contributed by atoms with E-state index in [1.54, 1.807) is 0 Å². The van der Waals surface area contributed by atoms with Gasteiger partial charge in [-0.1, -0.05) is 0 Å². The normalized spacial score (nSPS) is 39.9. The van der Waals surface area contributed by atoms with Crippen molar-refractivity contribution in [2.45, 2.75) is 57.7 Å². The smallest absolute Gasteiger partial charge is 0.249 e. The number of ether oxygens (including phenoxy) is 1. The average molecular weight is 280 g/mol. The van der Waals surface area contributed by atoms with Crippen molar-refractivity contribution in [2.24, 2.45) is 11.8 Å². The van der Waals surface area contributed by atoms with E-state index in [2.05, 4.69) is 12.2 Å². The van der Waals surface area contributed by atoms with Gasteiger partial charge in [-0.05, 0) is 46.0 Å². The summed E-state index contributed by atoms with van der Waals surface area (Å²) in [4.78, 5) is 27.1. The molecule has 2 saturated heterocycles. The van der Waals surface area contributed by atoms with E-state index in [0.717, 1.165) is 25.9 Å². The number of carbonyl (C=O) groups excluding carboxylic acids is 2. The van der Waals surface area contributed by atoms with Crippen molar-refractivity contribution in [3.05, 3.63) is 0 Å². The van der Waals surface area contributed by atoms with Crippen LogP contribution in [0, 0.1) is 11.8 Å². The van der Waals surface area contributed by atoms with Gasteiger partial charge in [-0.25, -0.2) is 0 Å². The molecule has 2 heterocycles. The predicted octanol–water partition coefficient (Wildman–Crippen LogP) is 0.927. The van der Waals surface area contributed by atoms with Crippen LogP contribution in [0.1, 0.15) is 40.0 Å². The van der Waals surface area contributed by atoms with Gasteiger partial charge in [0.05, 0.1) is 6.61 Å². The first kappa shape index (κ1) is 13.9. The van der Waals surface area contributed by atoms with Crippen LogP contribution in [0.15, 0.2) is 0 Å². The number of nitrogens with zero attached hydrogens (tertiary/aromatic N) is 1. The Balaban J connectivity index is 1.86. The molecule has 0 aromatic heterocycles. The zero-order chi connectivity index (χ0) is 14.5. The van der Waals surface area contributed by atoms with Crippen molar-refractivity contribution in [2.75, 3.05) is 13.2 Å². The van der Waals surface area contributed by atoms with Gasteiger partial charge < -0.3 is 15.0 Å². The minimum absolute atomic E-state index is 0.0234. The average Bonchev–Trinajstić information content (AvgIpc) is 3.13. The van der Waals surface area contributed by atoms with E-state index in [1.165, 1.54) is 0 Å². The van der Waals surface area contributed by atoms with Gasteiger partial charge in [-0.3, -0.25) is 9.59 Å². The lowest BCUT2D eigenvalue weighted by molar-refractivity contribution is -0.158. The number of piperazine rings is 1. The van der Waals surface area contributed by atoms with Crippen LogP contribution in [0.25, 0.3) is 0 Å². The minimum Gasteiger partial charge on any atom is -0.381 e. The highest BCUT2D eigenvalue weighted by Crippen LogP contribution is 2.43. The zero-order valence-corrected chi connectivity index (χ0v) is 12.5. The molecule has 4 unspecified atom stereocenters. The van der Waals surface area contributed by atoms with Crippen molar-refractivity contribution in [3.63, 3.8) is 0 Å². The van der Waals surface area contributed by atoms with Crippen molar-refractivity contribution in [1.29, 1.82) is 0 Å². The fourth-order valence-electron chi connectivity index (χ4n) is 3.62. The Kier molecular flexibility index (Phi) is 3.27. The van der Waals surface area contributed by atoms with Gasteiger partial charge in [0.2, 0.25) is 11.8 Å². The van der Waals surface area contributed by atoms with E-state index in [9.17, 15) is 9.59 Å². The Labute approximate surface area is 120 Å². The third-order valence-electron chi connectivity index (χ3n) is 5.34. The summed E-state index contributed by atoms with van der Waals surface area (Å²) in [6.07, 6.45) is 3.04. The van der Waals surface area contributed by atoms with Gasteiger partial charge in [0.25, 0.3) is 0 Å². The van der Waals surface area contributed by atoms with Gasteiger partial charge >= 0.3 is 0 Å². The van der Waals surface area contributed by atoms with E-state index in [-0.39, 0.29) is 23.9 Å². The van der Waals surface area contributed by atoms with Crippen molar-refractivity contribution in [3.8, 4) is 0 Å². The molecule has 0 aromatic carbocycles. The lowest BCUT2D eigenvalue weighted by Crippen LogP contribution is -2.71. The van der Waals surface area contributed by atoms with Gasteiger partial charge in [0.1, 0.15) is 11.6 Å². The van der Waals surface area contributed by atoms with Crippen LogP contribution in [0.5, 0.6) is 0 Å². The summed E-state index contributed by atoms with van der Waals surface area (Å²) >= 11 is 0. The molecule has 5 nitrogen and oxygen atoms in total. The first-order valence-electron chi connectivity index (χ1n) is 7.67. The topological polar surface area (TPSA) is 58.6 Å². The van der Waals surface area contributed by atoms with Crippen molar-refractivity contribution < 1.29 is 14.3 Å². The summed E-state index contributed by atoms with van der Waals surface area (Å²) in [5.74, 6) is 0.716. The summed E-state index contributed by atoms with van der Waals surface area (Å²) < 4.78 is 5.44. The van der Waals surface area contributed by atoms with Crippen LogP contribution in [0.3, 0.4) is 0 Å². The number of hydrogen-bond donors (Lipinski definition) is 1. The number of amides is 2. The fraction of sp³-hybridized carbons (Fsp3) is 0.867. The molecule has 5 heteroatoms. The number of nitrogens with one attached hydrogen (secondary N) is 1. The quantitative estimate of drug-likeness (QED) is 0.836. The lowest BCUT2D eigenvalue weighted by Gasteiger charge is -2.47. The number of carbonyl (C=O) groups is 2.